The summed E-state index contributed by atoms with van der Waals surface area (Å²) in [6, 6.07) is 13.6. The smallest absolute Gasteiger partial charge is 0.322 e. The second-order valence-corrected chi connectivity index (χ2v) is 7.99. The van der Waals surface area contributed by atoms with E-state index in [0.29, 0.717) is 34.4 Å². The molecule has 190 valence electrons. The van der Waals surface area contributed by atoms with Crippen LogP contribution in [-0.2, 0) is 11.0 Å². The van der Waals surface area contributed by atoms with Crippen molar-refractivity contribution in [2.45, 2.75) is 19.5 Å². The van der Waals surface area contributed by atoms with E-state index in [1.165, 1.54) is 12.3 Å². The van der Waals surface area contributed by atoms with E-state index in [9.17, 15) is 22.8 Å². The summed E-state index contributed by atoms with van der Waals surface area (Å²) in [6.45, 7) is 1.84. The monoisotopic (exact) mass is 517 g/mol. The predicted molar refractivity (Wildman–Crippen MR) is 131 cm³/mol. The normalized spacial score (nSPS) is 10.9. The van der Waals surface area contributed by atoms with E-state index >= 15 is 0 Å². The Morgan fingerprint density at radius 2 is 1.71 bits per heavy atom. The lowest BCUT2D eigenvalue weighted by atomic mass is 10.0. The van der Waals surface area contributed by atoms with Crippen LogP contribution in [0.5, 0.6) is 0 Å². The lowest BCUT2D eigenvalue weighted by Crippen LogP contribution is -2.15. The van der Waals surface area contributed by atoms with Crippen molar-refractivity contribution in [2.75, 3.05) is 10.6 Å². The molecule has 2 N–H and O–H groups in total. The zero-order valence-electron chi connectivity index (χ0n) is 19.7. The minimum absolute atomic E-state index is 0.186. The van der Waals surface area contributed by atoms with Gasteiger partial charge in [0.2, 0.25) is 5.91 Å². The van der Waals surface area contributed by atoms with E-state index in [-0.39, 0.29) is 17.8 Å². The van der Waals surface area contributed by atoms with Crippen LogP contribution in [0.3, 0.4) is 0 Å². The van der Waals surface area contributed by atoms with Crippen LogP contribution in [0.15, 0.2) is 67.1 Å². The maximum absolute atomic E-state index is 13.0. The number of rotatable bonds is 6. The van der Waals surface area contributed by atoms with Crippen LogP contribution in [0.2, 0.25) is 0 Å². The molecule has 4 rings (SSSR count). The highest BCUT2D eigenvalue weighted by atomic mass is 19.4. The van der Waals surface area contributed by atoms with E-state index in [1.54, 1.807) is 48.7 Å². The van der Waals surface area contributed by atoms with Gasteiger partial charge >= 0.3 is 6.18 Å². The molecular formula is C26H18F3N7O2. The summed E-state index contributed by atoms with van der Waals surface area (Å²) in [4.78, 5) is 40.6. The van der Waals surface area contributed by atoms with Gasteiger partial charge in [-0.05, 0) is 55.0 Å². The molecule has 0 aliphatic carbocycles. The largest absolute Gasteiger partial charge is 0.433 e. The molecule has 0 unspecified atom stereocenters. The first-order valence-corrected chi connectivity index (χ1v) is 11.1. The third kappa shape index (κ3) is 6.14. The van der Waals surface area contributed by atoms with Crippen molar-refractivity contribution in [3.63, 3.8) is 0 Å². The Morgan fingerprint density at radius 3 is 2.47 bits per heavy atom. The average molecular weight is 517 g/mol. The Morgan fingerprint density at radius 1 is 0.947 bits per heavy atom. The molecule has 0 aliphatic heterocycles. The Bertz CT molecular complexity index is 1570. The summed E-state index contributed by atoms with van der Waals surface area (Å²) in [5.41, 5.74) is 1.59. The van der Waals surface area contributed by atoms with Crippen LogP contribution in [0, 0.1) is 18.3 Å². The standard InChI is InChI=1S/C26H18F3N7O2/c1-15-2-3-18(34-25(38)17-6-9-31-21(12-17)26(27,28)29)14-19(15)20-7-11-33-24(35-20)16-5-10-32-22(13-16)36-23(37)4-8-30/h2-3,5-7,9-14H,4H2,1H3,(H,34,38)(H,32,36,37). The molecule has 3 heterocycles. The minimum Gasteiger partial charge on any atom is -0.322 e. The highest BCUT2D eigenvalue weighted by Gasteiger charge is 2.33. The molecule has 3 aromatic heterocycles. The number of pyridine rings is 2. The van der Waals surface area contributed by atoms with E-state index < -0.39 is 23.7 Å². The minimum atomic E-state index is -4.67. The van der Waals surface area contributed by atoms with Crippen LogP contribution < -0.4 is 10.6 Å². The Hall–Kier alpha value is -5.18. The van der Waals surface area contributed by atoms with Crippen molar-refractivity contribution in [1.82, 2.24) is 19.9 Å². The molecule has 0 bridgehead atoms. The van der Waals surface area contributed by atoms with Gasteiger partial charge in [-0.3, -0.25) is 14.6 Å². The molecule has 0 spiro atoms. The number of amides is 2. The van der Waals surface area contributed by atoms with Crippen molar-refractivity contribution < 1.29 is 22.8 Å². The Labute approximate surface area is 214 Å². The van der Waals surface area contributed by atoms with Crippen LogP contribution in [0.25, 0.3) is 22.6 Å². The lowest BCUT2D eigenvalue weighted by Gasteiger charge is -2.12. The number of nitriles is 1. The molecule has 0 atom stereocenters. The second-order valence-electron chi connectivity index (χ2n) is 7.99. The second kappa shape index (κ2) is 10.8. The van der Waals surface area contributed by atoms with E-state index in [0.717, 1.165) is 11.8 Å². The van der Waals surface area contributed by atoms with Gasteiger partial charge < -0.3 is 10.6 Å². The van der Waals surface area contributed by atoms with Crippen molar-refractivity contribution in [2.24, 2.45) is 0 Å². The number of hydrogen-bond acceptors (Lipinski definition) is 7. The topological polar surface area (TPSA) is 134 Å². The fraction of sp³-hybridized carbons (Fsp3) is 0.115. The summed E-state index contributed by atoms with van der Waals surface area (Å²) in [5, 5.41) is 13.8. The summed E-state index contributed by atoms with van der Waals surface area (Å²) in [7, 11) is 0. The van der Waals surface area contributed by atoms with Gasteiger partial charge in [0.15, 0.2) is 5.82 Å². The number of halogens is 3. The van der Waals surface area contributed by atoms with Crippen LogP contribution >= 0.6 is 0 Å². The zero-order valence-corrected chi connectivity index (χ0v) is 19.7. The zero-order chi connectivity index (χ0) is 27.3. The third-order valence-electron chi connectivity index (χ3n) is 5.26. The highest BCUT2D eigenvalue weighted by Crippen LogP contribution is 2.29. The first-order valence-electron chi connectivity index (χ1n) is 11.1. The quantitative estimate of drug-likeness (QED) is 0.366. The van der Waals surface area contributed by atoms with Gasteiger partial charge in [-0.25, -0.2) is 15.0 Å². The van der Waals surface area contributed by atoms with Crippen molar-refractivity contribution in [3.8, 4) is 28.7 Å². The van der Waals surface area contributed by atoms with Gasteiger partial charge in [-0.2, -0.15) is 18.4 Å². The maximum Gasteiger partial charge on any atom is 0.433 e. The van der Waals surface area contributed by atoms with Crippen LogP contribution in [0.4, 0.5) is 24.7 Å². The van der Waals surface area contributed by atoms with Gasteiger partial charge in [0.25, 0.3) is 5.91 Å². The molecule has 4 aromatic rings. The summed E-state index contributed by atoms with van der Waals surface area (Å²) in [6.07, 6.45) is -1.03. The molecule has 0 aliphatic rings. The molecule has 0 radical (unpaired) electrons. The number of nitrogens with zero attached hydrogens (tertiary/aromatic N) is 5. The summed E-state index contributed by atoms with van der Waals surface area (Å²) in [5.74, 6) is -0.644. The summed E-state index contributed by atoms with van der Waals surface area (Å²) < 4.78 is 38.9. The molecule has 9 nitrogen and oxygen atoms in total. The molecule has 12 heteroatoms. The number of hydrogen-bond donors (Lipinski definition) is 2. The molecule has 0 saturated heterocycles. The third-order valence-corrected chi connectivity index (χ3v) is 5.26. The van der Waals surface area contributed by atoms with Crippen molar-refractivity contribution >= 4 is 23.3 Å². The fourth-order valence-electron chi connectivity index (χ4n) is 3.45. The Balaban J connectivity index is 1.59. The SMILES string of the molecule is Cc1ccc(NC(=O)c2ccnc(C(F)(F)F)c2)cc1-c1ccnc(-c2ccnc(NC(=O)CC#N)c2)n1. The van der Waals surface area contributed by atoms with Gasteiger partial charge in [0.05, 0.1) is 11.8 Å². The molecule has 38 heavy (non-hydrogen) atoms. The maximum atomic E-state index is 13.0. The van der Waals surface area contributed by atoms with Gasteiger partial charge in [-0.15, -0.1) is 0 Å². The number of aromatic nitrogens is 4. The summed E-state index contributed by atoms with van der Waals surface area (Å²) >= 11 is 0. The van der Waals surface area contributed by atoms with E-state index in [2.05, 4.69) is 30.6 Å². The number of carbonyl (C=O) groups is 2. The van der Waals surface area contributed by atoms with E-state index in [1.807, 2.05) is 6.92 Å². The van der Waals surface area contributed by atoms with Gasteiger partial charge in [0, 0.05) is 41.0 Å². The molecule has 2 amide bonds. The number of alkyl halides is 3. The molecular weight excluding hydrogens is 499 g/mol. The molecule has 1 aromatic carbocycles. The number of benzene rings is 1. The first-order chi connectivity index (χ1) is 18.1. The van der Waals surface area contributed by atoms with Crippen molar-refractivity contribution in [1.29, 1.82) is 5.26 Å². The molecule has 0 fully saturated rings. The van der Waals surface area contributed by atoms with Crippen LogP contribution in [-0.4, -0.2) is 31.8 Å². The fourth-order valence-corrected chi connectivity index (χ4v) is 3.45. The molecule has 0 saturated carbocycles. The Kier molecular flexibility index (Phi) is 7.38. The number of nitrogens with one attached hydrogen (secondary N) is 2. The van der Waals surface area contributed by atoms with Gasteiger partial charge in [0.1, 0.15) is 17.9 Å². The van der Waals surface area contributed by atoms with Gasteiger partial charge in [-0.1, -0.05) is 6.07 Å². The van der Waals surface area contributed by atoms with Crippen LogP contribution in [0.1, 0.15) is 28.0 Å². The van der Waals surface area contributed by atoms with E-state index in [4.69, 9.17) is 5.26 Å². The number of aryl methyl sites for hydroxylation is 1. The number of anilines is 2. The van der Waals surface area contributed by atoms with Crippen molar-refractivity contribution in [3.05, 3.63) is 83.9 Å². The predicted octanol–water partition coefficient (Wildman–Crippen LogP) is 5.03. The first kappa shape index (κ1) is 25.9. The number of carbonyl (C=O) groups excluding carboxylic acids is 2. The highest BCUT2D eigenvalue weighted by molar-refractivity contribution is 6.04. The lowest BCUT2D eigenvalue weighted by molar-refractivity contribution is -0.141. The average Bonchev–Trinajstić information content (AvgIpc) is 2.89.